The Balaban J connectivity index is 1.84. The van der Waals surface area contributed by atoms with E-state index >= 15 is 0 Å². The van der Waals surface area contributed by atoms with Crippen LogP contribution < -0.4 is 5.32 Å². The summed E-state index contributed by atoms with van der Waals surface area (Å²) in [6, 6.07) is 6.62. The molecule has 3 atom stereocenters. The van der Waals surface area contributed by atoms with Gasteiger partial charge in [-0.15, -0.1) is 0 Å². The Hall–Kier alpha value is -1.69. The van der Waals surface area contributed by atoms with Crippen molar-refractivity contribution in [2.75, 3.05) is 11.9 Å². The molecule has 26 heavy (non-hydrogen) atoms. The van der Waals surface area contributed by atoms with Crippen LogP contribution in [0, 0.1) is 16.2 Å². The van der Waals surface area contributed by atoms with Crippen molar-refractivity contribution in [3.63, 3.8) is 0 Å². The lowest BCUT2D eigenvalue weighted by Gasteiger charge is -2.39. The Bertz CT molecular complexity index is 773. The monoisotopic (exact) mass is 421 g/mol. The second-order valence-electron chi connectivity index (χ2n) is 7.91. The van der Waals surface area contributed by atoms with E-state index in [0.717, 1.165) is 6.42 Å². The average molecular weight is 422 g/mol. The number of rotatable bonds is 4. The highest BCUT2D eigenvalue weighted by molar-refractivity contribution is 9.10. The maximum atomic E-state index is 13.2. The maximum Gasteiger partial charge on any atom is 0.338 e. The second kappa shape index (κ2) is 6.19. The molecule has 2 bridgehead atoms. The van der Waals surface area contributed by atoms with Gasteiger partial charge in [0.25, 0.3) is 0 Å². The lowest BCUT2D eigenvalue weighted by Crippen LogP contribution is -2.47. The van der Waals surface area contributed by atoms with Crippen molar-refractivity contribution < 1.29 is 19.1 Å². The summed E-state index contributed by atoms with van der Waals surface area (Å²) in [5.41, 5.74) is -0.683. The molecule has 0 heterocycles. The highest BCUT2D eigenvalue weighted by Crippen LogP contribution is 2.72. The van der Waals surface area contributed by atoms with Crippen molar-refractivity contribution >= 4 is 39.3 Å². The summed E-state index contributed by atoms with van der Waals surface area (Å²) in [5.74, 6) is -0.428. The normalized spacial score (nSPS) is 31.7. The number of esters is 1. The SMILES string of the molecule is CCOC(=O)c1ccc(NC(=O)[C@]23CC[C@@](C)(C(=O)[C@H]2Br)C3(C)C)cc1. The molecule has 0 radical (unpaired) electrons. The Labute approximate surface area is 162 Å². The van der Waals surface area contributed by atoms with E-state index in [9.17, 15) is 14.4 Å². The minimum atomic E-state index is -0.779. The van der Waals surface area contributed by atoms with Gasteiger partial charge in [-0.2, -0.15) is 0 Å². The van der Waals surface area contributed by atoms with E-state index in [0.29, 0.717) is 24.3 Å². The summed E-state index contributed by atoms with van der Waals surface area (Å²) in [6.45, 7) is 8.07. The van der Waals surface area contributed by atoms with E-state index in [1.807, 2.05) is 20.8 Å². The molecule has 0 aliphatic heterocycles. The number of carbonyl (C=O) groups excluding carboxylic acids is 3. The summed E-state index contributed by atoms with van der Waals surface area (Å²) in [7, 11) is 0. The molecule has 2 aliphatic rings. The van der Waals surface area contributed by atoms with Gasteiger partial charge in [-0.05, 0) is 49.4 Å². The van der Waals surface area contributed by atoms with E-state index < -0.39 is 27.0 Å². The predicted octanol–water partition coefficient (Wildman–Crippen LogP) is 3.96. The first kappa shape index (κ1) is 19.1. The van der Waals surface area contributed by atoms with Crippen LogP contribution in [-0.2, 0) is 14.3 Å². The zero-order valence-electron chi connectivity index (χ0n) is 15.5. The molecule has 2 aliphatic carbocycles. The van der Waals surface area contributed by atoms with Crippen molar-refractivity contribution in [1.29, 1.82) is 0 Å². The Morgan fingerprint density at radius 3 is 2.31 bits per heavy atom. The number of hydrogen-bond acceptors (Lipinski definition) is 4. The van der Waals surface area contributed by atoms with E-state index in [-0.39, 0.29) is 11.7 Å². The molecule has 0 spiro atoms. The minimum absolute atomic E-state index is 0.113. The average Bonchev–Trinajstić information content (AvgIpc) is 2.87. The number of benzene rings is 1. The van der Waals surface area contributed by atoms with Crippen LogP contribution in [0.2, 0.25) is 0 Å². The molecule has 3 rings (SSSR count). The quantitative estimate of drug-likeness (QED) is 0.589. The largest absolute Gasteiger partial charge is 0.462 e. The van der Waals surface area contributed by atoms with Gasteiger partial charge >= 0.3 is 5.97 Å². The highest BCUT2D eigenvalue weighted by atomic mass is 79.9. The predicted molar refractivity (Wildman–Crippen MR) is 102 cm³/mol. The number of halogens is 1. The third-order valence-corrected chi connectivity index (χ3v) is 7.98. The summed E-state index contributed by atoms with van der Waals surface area (Å²) >= 11 is 3.52. The van der Waals surface area contributed by atoms with Gasteiger partial charge in [0.15, 0.2) is 5.78 Å². The third kappa shape index (κ3) is 2.30. The maximum absolute atomic E-state index is 13.2. The van der Waals surface area contributed by atoms with Gasteiger partial charge in [-0.3, -0.25) is 9.59 Å². The van der Waals surface area contributed by atoms with Crippen LogP contribution >= 0.6 is 15.9 Å². The number of carbonyl (C=O) groups is 3. The van der Waals surface area contributed by atoms with Crippen LogP contribution in [0.25, 0.3) is 0 Å². The summed E-state index contributed by atoms with van der Waals surface area (Å²) in [6.07, 6.45) is 1.39. The number of amides is 1. The van der Waals surface area contributed by atoms with Crippen molar-refractivity contribution in [3.8, 4) is 0 Å². The van der Waals surface area contributed by atoms with Gasteiger partial charge in [-0.25, -0.2) is 4.79 Å². The summed E-state index contributed by atoms with van der Waals surface area (Å²) < 4.78 is 4.96. The van der Waals surface area contributed by atoms with E-state index in [4.69, 9.17) is 4.74 Å². The minimum Gasteiger partial charge on any atom is -0.462 e. The van der Waals surface area contributed by atoms with Gasteiger partial charge < -0.3 is 10.1 Å². The molecule has 0 unspecified atom stereocenters. The number of hydrogen-bond donors (Lipinski definition) is 1. The first-order valence-electron chi connectivity index (χ1n) is 8.89. The molecule has 1 N–H and O–H groups in total. The summed E-state index contributed by atoms with van der Waals surface area (Å²) in [4.78, 5) is 37.3. The zero-order chi connectivity index (χ0) is 19.3. The number of anilines is 1. The van der Waals surface area contributed by atoms with Crippen LogP contribution in [0.3, 0.4) is 0 Å². The number of ether oxygens (including phenoxy) is 1. The molecule has 2 saturated carbocycles. The molecular formula is C20H24BrNO4. The Morgan fingerprint density at radius 1 is 1.19 bits per heavy atom. The molecule has 2 fully saturated rings. The lowest BCUT2D eigenvalue weighted by atomic mass is 9.64. The van der Waals surface area contributed by atoms with Crippen molar-refractivity contribution in [3.05, 3.63) is 29.8 Å². The number of fused-ring (bicyclic) bond motifs is 2. The van der Waals surface area contributed by atoms with Crippen LogP contribution in [0.1, 0.15) is 50.9 Å². The smallest absolute Gasteiger partial charge is 0.338 e. The number of Topliss-reactive ketones (excluding diaryl/α,β-unsaturated/α-hetero) is 1. The van der Waals surface area contributed by atoms with E-state index in [2.05, 4.69) is 21.2 Å². The molecule has 5 nitrogen and oxygen atoms in total. The Kier molecular flexibility index (Phi) is 4.54. The number of nitrogens with one attached hydrogen (secondary N) is 1. The van der Waals surface area contributed by atoms with Gasteiger partial charge in [0.2, 0.25) is 5.91 Å². The van der Waals surface area contributed by atoms with Crippen molar-refractivity contribution in [2.24, 2.45) is 16.2 Å². The third-order valence-electron chi connectivity index (χ3n) is 6.78. The fourth-order valence-electron chi connectivity index (χ4n) is 4.60. The number of ketones is 1. The van der Waals surface area contributed by atoms with Gasteiger partial charge in [0, 0.05) is 11.1 Å². The first-order chi connectivity index (χ1) is 12.1. The van der Waals surface area contributed by atoms with Gasteiger partial charge in [-0.1, -0.05) is 36.7 Å². The Morgan fingerprint density at radius 2 is 1.81 bits per heavy atom. The molecule has 1 aromatic carbocycles. The van der Waals surface area contributed by atoms with E-state index in [1.165, 1.54) is 0 Å². The lowest BCUT2D eigenvalue weighted by molar-refractivity contribution is -0.130. The molecule has 0 saturated heterocycles. The van der Waals surface area contributed by atoms with Crippen LogP contribution in [0.5, 0.6) is 0 Å². The molecule has 140 valence electrons. The summed E-state index contributed by atoms with van der Waals surface area (Å²) in [5, 5.41) is 2.95. The van der Waals surface area contributed by atoms with Crippen LogP contribution in [-0.4, -0.2) is 29.1 Å². The highest BCUT2D eigenvalue weighted by Gasteiger charge is 2.76. The zero-order valence-corrected chi connectivity index (χ0v) is 17.1. The van der Waals surface area contributed by atoms with Gasteiger partial charge in [0.05, 0.1) is 22.4 Å². The van der Waals surface area contributed by atoms with Crippen molar-refractivity contribution in [2.45, 2.75) is 45.4 Å². The fourth-order valence-corrected chi connectivity index (χ4v) is 6.12. The number of alkyl halides is 1. The molecule has 1 aromatic rings. The molecule has 1 amide bonds. The van der Waals surface area contributed by atoms with E-state index in [1.54, 1.807) is 31.2 Å². The van der Waals surface area contributed by atoms with Crippen LogP contribution in [0.15, 0.2) is 24.3 Å². The van der Waals surface area contributed by atoms with Crippen molar-refractivity contribution in [1.82, 2.24) is 0 Å². The standard InChI is InChI=1S/C20H24BrNO4/c1-5-26-16(24)12-6-8-13(9-7-12)22-17(25)20-11-10-19(4,18(20,2)3)15(23)14(20)21/h6-9,14H,5,10-11H2,1-4H3,(H,22,25)/t14-,19+,20+/m1/s1. The second-order valence-corrected chi connectivity index (χ2v) is 8.82. The molecular weight excluding hydrogens is 398 g/mol. The molecule has 6 heteroatoms. The fraction of sp³-hybridized carbons (Fsp3) is 0.550. The topological polar surface area (TPSA) is 72.5 Å². The van der Waals surface area contributed by atoms with Crippen LogP contribution in [0.4, 0.5) is 5.69 Å². The molecule has 0 aromatic heterocycles. The van der Waals surface area contributed by atoms with Gasteiger partial charge in [0.1, 0.15) is 0 Å². The first-order valence-corrected chi connectivity index (χ1v) is 9.80.